The molecule has 4 heteroatoms. The molecule has 0 aromatic heterocycles. The number of anilines is 1. The van der Waals surface area contributed by atoms with Gasteiger partial charge >= 0.3 is 0 Å². The average molecular weight is 357 g/mol. The van der Waals surface area contributed by atoms with E-state index in [-0.39, 0.29) is 0 Å². The maximum absolute atomic E-state index is 5.77. The molecule has 2 aromatic carbocycles. The Morgan fingerprint density at radius 3 is 2.33 bits per heavy atom. The second-order valence-electron chi connectivity index (χ2n) is 6.28. The topological polar surface area (TPSA) is 15.3 Å². The lowest BCUT2D eigenvalue weighted by Gasteiger charge is -2.32. The molecular formula is C20H24N2S2. The third kappa shape index (κ3) is 3.05. The molecule has 3 rings (SSSR count). The van der Waals surface area contributed by atoms with E-state index in [9.17, 15) is 0 Å². The van der Waals surface area contributed by atoms with E-state index in [2.05, 4.69) is 54.4 Å². The van der Waals surface area contributed by atoms with Crippen molar-refractivity contribution in [1.82, 2.24) is 4.90 Å². The molecule has 0 amide bonds. The maximum atomic E-state index is 5.77. The SMILES string of the molecule is CCCCNc1ccc2c3c(cccc13)C(=S)N(CCCC)C2=S. The minimum atomic E-state index is 0.872. The van der Waals surface area contributed by atoms with Crippen molar-refractivity contribution in [3.05, 3.63) is 41.5 Å². The zero-order chi connectivity index (χ0) is 17.1. The molecule has 0 bridgehead atoms. The second-order valence-corrected chi connectivity index (χ2v) is 7.06. The van der Waals surface area contributed by atoms with Gasteiger partial charge in [0.1, 0.15) is 9.98 Å². The van der Waals surface area contributed by atoms with E-state index in [0.29, 0.717) is 0 Å². The highest BCUT2D eigenvalue weighted by Crippen LogP contribution is 2.35. The summed E-state index contributed by atoms with van der Waals surface area (Å²) in [4.78, 5) is 3.88. The highest BCUT2D eigenvalue weighted by molar-refractivity contribution is 7.82. The van der Waals surface area contributed by atoms with Crippen LogP contribution >= 0.6 is 24.4 Å². The van der Waals surface area contributed by atoms with Crippen molar-refractivity contribution >= 4 is 50.9 Å². The first-order valence-corrected chi connectivity index (χ1v) is 9.66. The van der Waals surface area contributed by atoms with Crippen LogP contribution in [0.25, 0.3) is 10.8 Å². The fourth-order valence-electron chi connectivity index (χ4n) is 3.22. The standard InChI is InChI=1S/C20H24N2S2/c1-3-5-12-21-17-11-10-16-18-14(17)8-7-9-15(18)19(23)22(20(16)24)13-6-4-2/h7-11,21H,3-6,12-13H2,1-2H3. The molecule has 2 nitrogen and oxygen atoms in total. The molecule has 1 aliphatic heterocycles. The monoisotopic (exact) mass is 356 g/mol. The van der Waals surface area contributed by atoms with E-state index < -0.39 is 0 Å². The summed E-state index contributed by atoms with van der Waals surface area (Å²) < 4.78 is 0. The Morgan fingerprint density at radius 1 is 0.917 bits per heavy atom. The average Bonchev–Trinajstić information content (AvgIpc) is 2.60. The van der Waals surface area contributed by atoms with Gasteiger partial charge < -0.3 is 10.2 Å². The van der Waals surface area contributed by atoms with Crippen molar-refractivity contribution in [2.75, 3.05) is 18.4 Å². The Morgan fingerprint density at radius 2 is 1.62 bits per heavy atom. The molecule has 2 aromatic rings. The third-order valence-electron chi connectivity index (χ3n) is 4.57. The van der Waals surface area contributed by atoms with Crippen LogP contribution in [0.5, 0.6) is 0 Å². The quantitative estimate of drug-likeness (QED) is 0.519. The third-order valence-corrected chi connectivity index (χ3v) is 5.45. The van der Waals surface area contributed by atoms with Gasteiger partial charge in [0, 0.05) is 40.7 Å². The van der Waals surface area contributed by atoms with Crippen molar-refractivity contribution < 1.29 is 0 Å². The minimum Gasteiger partial charge on any atom is -0.385 e. The molecule has 0 atom stereocenters. The molecule has 0 spiro atoms. The molecule has 24 heavy (non-hydrogen) atoms. The van der Waals surface area contributed by atoms with Crippen molar-refractivity contribution in [1.29, 1.82) is 0 Å². The molecule has 0 aliphatic carbocycles. The van der Waals surface area contributed by atoms with Gasteiger partial charge in [-0.3, -0.25) is 0 Å². The summed E-state index contributed by atoms with van der Waals surface area (Å²) in [5.41, 5.74) is 3.46. The second kappa shape index (κ2) is 7.58. The number of hydrogen-bond acceptors (Lipinski definition) is 3. The van der Waals surface area contributed by atoms with Crippen LogP contribution in [0.2, 0.25) is 0 Å². The van der Waals surface area contributed by atoms with E-state index >= 15 is 0 Å². The van der Waals surface area contributed by atoms with Crippen LogP contribution in [0.15, 0.2) is 30.3 Å². The highest BCUT2D eigenvalue weighted by atomic mass is 32.1. The first-order valence-electron chi connectivity index (χ1n) is 8.84. The summed E-state index contributed by atoms with van der Waals surface area (Å²) in [6.07, 6.45) is 4.60. The lowest BCUT2D eigenvalue weighted by Crippen LogP contribution is -2.39. The summed E-state index contributed by atoms with van der Waals surface area (Å²) in [5.74, 6) is 0. The van der Waals surface area contributed by atoms with Crippen molar-refractivity contribution in [2.24, 2.45) is 0 Å². The summed E-state index contributed by atoms with van der Waals surface area (Å²) in [6, 6.07) is 10.7. The van der Waals surface area contributed by atoms with Crippen LogP contribution in [0.1, 0.15) is 50.7 Å². The van der Waals surface area contributed by atoms with Crippen LogP contribution in [0.3, 0.4) is 0 Å². The zero-order valence-electron chi connectivity index (χ0n) is 14.4. The van der Waals surface area contributed by atoms with Crippen molar-refractivity contribution in [3.8, 4) is 0 Å². The van der Waals surface area contributed by atoms with Crippen LogP contribution in [-0.4, -0.2) is 28.0 Å². The molecule has 0 saturated heterocycles. The van der Waals surface area contributed by atoms with Gasteiger partial charge in [0.2, 0.25) is 0 Å². The number of rotatable bonds is 7. The molecule has 126 valence electrons. The van der Waals surface area contributed by atoms with Gasteiger partial charge in [-0.25, -0.2) is 0 Å². The number of thiocarbonyl (C=S) groups is 2. The van der Waals surface area contributed by atoms with Crippen LogP contribution < -0.4 is 5.32 Å². The summed E-state index contributed by atoms with van der Waals surface area (Å²) >= 11 is 11.5. The molecule has 1 N–H and O–H groups in total. The lowest BCUT2D eigenvalue weighted by molar-refractivity contribution is 0.583. The Hall–Kier alpha value is -1.52. The Balaban J connectivity index is 2.06. The van der Waals surface area contributed by atoms with E-state index in [1.54, 1.807) is 0 Å². The van der Waals surface area contributed by atoms with Gasteiger partial charge in [0.15, 0.2) is 0 Å². The molecular weight excluding hydrogens is 332 g/mol. The van der Waals surface area contributed by atoms with Gasteiger partial charge in [0.05, 0.1) is 0 Å². The van der Waals surface area contributed by atoms with Crippen molar-refractivity contribution in [2.45, 2.75) is 39.5 Å². The van der Waals surface area contributed by atoms with Gasteiger partial charge in [0.25, 0.3) is 0 Å². The summed E-state index contributed by atoms with van der Waals surface area (Å²) in [6.45, 7) is 6.30. The number of nitrogens with zero attached hydrogens (tertiary/aromatic N) is 1. The van der Waals surface area contributed by atoms with E-state index in [4.69, 9.17) is 24.4 Å². The molecule has 1 aliphatic rings. The fourth-order valence-corrected chi connectivity index (χ4v) is 3.98. The first-order chi connectivity index (χ1) is 11.7. The lowest BCUT2D eigenvalue weighted by atomic mass is 9.93. The first kappa shape index (κ1) is 17.3. The van der Waals surface area contributed by atoms with Crippen molar-refractivity contribution in [3.63, 3.8) is 0 Å². The number of hydrogen-bond donors (Lipinski definition) is 1. The van der Waals surface area contributed by atoms with Gasteiger partial charge in [-0.15, -0.1) is 0 Å². The van der Waals surface area contributed by atoms with Crippen LogP contribution in [-0.2, 0) is 0 Å². The smallest absolute Gasteiger partial charge is 0.114 e. The molecule has 0 radical (unpaired) electrons. The molecule has 0 unspecified atom stereocenters. The normalized spacial score (nSPS) is 13.7. The maximum Gasteiger partial charge on any atom is 0.114 e. The summed E-state index contributed by atoms with van der Waals surface area (Å²) in [7, 11) is 0. The van der Waals surface area contributed by atoms with E-state index in [1.165, 1.54) is 29.3 Å². The number of benzene rings is 2. The molecule has 1 heterocycles. The van der Waals surface area contributed by atoms with Gasteiger partial charge in [-0.2, -0.15) is 0 Å². The van der Waals surface area contributed by atoms with Crippen LogP contribution in [0, 0.1) is 0 Å². The number of unbranched alkanes of at least 4 members (excludes halogenated alkanes) is 2. The Bertz CT molecular complexity index is 760. The van der Waals surface area contributed by atoms with Gasteiger partial charge in [-0.05, 0) is 25.0 Å². The molecule has 0 saturated carbocycles. The van der Waals surface area contributed by atoms with E-state index in [0.717, 1.165) is 47.0 Å². The Kier molecular flexibility index (Phi) is 5.47. The number of nitrogens with one attached hydrogen (secondary N) is 1. The minimum absolute atomic E-state index is 0.872. The van der Waals surface area contributed by atoms with Crippen LogP contribution in [0.4, 0.5) is 5.69 Å². The predicted molar refractivity (Wildman–Crippen MR) is 112 cm³/mol. The van der Waals surface area contributed by atoms with Gasteiger partial charge in [-0.1, -0.05) is 69.3 Å². The Labute approximate surface area is 155 Å². The molecule has 0 fully saturated rings. The predicted octanol–water partition coefficient (Wildman–Crippen LogP) is 5.52. The summed E-state index contributed by atoms with van der Waals surface area (Å²) in [5, 5.41) is 6.00. The zero-order valence-corrected chi connectivity index (χ0v) is 16.0. The largest absolute Gasteiger partial charge is 0.385 e. The fraction of sp³-hybridized carbons (Fsp3) is 0.400. The highest BCUT2D eigenvalue weighted by Gasteiger charge is 2.27. The van der Waals surface area contributed by atoms with E-state index in [1.807, 2.05) is 0 Å².